The van der Waals surface area contributed by atoms with E-state index in [1.54, 1.807) is 30.5 Å². The average Bonchev–Trinajstić information content (AvgIpc) is 3.46. The third kappa shape index (κ3) is 5.03. The van der Waals surface area contributed by atoms with E-state index >= 15 is 0 Å². The molecule has 0 saturated heterocycles. The van der Waals surface area contributed by atoms with Crippen LogP contribution in [0, 0.1) is 13.8 Å². The maximum Gasteiger partial charge on any atom is 0.416 e. The van der Waals surface area contributed by atoms with Crippen molar-refractivity contribution in [3.8, 4) is 5.69 Å². The number of hydrogen-bond donors (Lipinski definition) is 1. The molecule has 1 saturated carbocycles. The number of nitrogens with two attached hydrogens (primary N) is 1. The lowest BCUT2D eigenvalue weighted by Gasteiger charge is -2.13. The van der Waals surface area contributed by atoms with E-state index in [4.69, 9.17) is 5.73 Å². The Morgan fingerprint density at radius 3 is 2.56 bits per heavy atom. The molecular weight excluding hydrogens is 467 g/mol. The van der Waals surface area contributed by atoms with Gasteiger partial charge in [0.25, 0.3) is 0 Å². The number of benzene rings is 1. The normalized spacial score (nSPS) is 13.9. The number of nitrogens with zero attached hydrogens (tertiary/aromatic N) is 4. The fourth-order valence-electron chi connectivity index (χ4n) is 3.98. The molecule has 0 radical (unpaired) electrons. The first kappa shape index (κ1) is 24.1. The van der Waals surface area contributed by atoms with Crippen LogP contribution in [0.25, 0.3) is 5.69 Å². The molecule has 180 valence electrons. The highest BCUT2D eigenvalue weighted by atomic mass is 32.2. The highest BCUT2D eigenvalue weighted by Gasteiger charge is 2.31. The van der Waals surface area contributed by atoms with Crippen LogP contribution in [-0.4, -0.2) is 36.8 Å². The summed E-state index contributed by atoms with van der Waals surface area (Å²) in [6.45, 7) is 3.48. The fraction of sp³-hybridized carbons (Fsp3) is 0.391. The molecule has 7 nitrogen and oxygen atoms in total. The summed E-state index contributed by atoms with van der Waals surface area (Å²) in [5.74, 6) is 0.221. The zero-order chi connectivity index (χ0) is 24.6. The lowest BCUT2D eigenvalue weighted by atomic mass is 10.1. The van der Waals surface area contributed by atoms with Gasteiger partial charge in [0.2, 0.25) is 5.91 Å². The van der Waals surface area contributed by atoms with Crippen molar-refractivity contribution in [3.05, 3.63) is 58.7 Å². The Morgan fingerprint density at radius 2 is 1.91 bits per heavy atom. The average molecular weight is 492 g/mol. The minimum absolute atomic E-state index is 0.105. The monoisotopic (exact) mass is 491 g/mol. The SMILES string of the molecule is Cc1cc(C(=O)CSc2nnc(CCC(N)=O)n2C2CC2)c(C)n1-c1cccc(C(F)(F)F)c1. The van der Waals surface area contributed by atoms with Gasteiger partial charge in [-0.3, -0.25) is 9.59 Å². The second-order valence-electron chi connectivity index (χ2n) is 8.35. The van der Waals surface area contributed by atoms with Crippen LogP contribution in [0.3, 0.4) is 0 Å². The smallest absolute Gasteiger partial charge is 0.370 e. The van der Waals surface area contributed by atoms with Gasteiger partial charge in [0.05, 0.1) is 11.3 Å². The van der Waals surface area contributed by atoms with Gasteiger partial charge < -0.3 is 14.9 Å². The highest BCUT2D eigenvalue weighted by molar-refractivity contribution is 7.99. The topological polar surface area (TPSA) is 95.8 Å². The molecule has 11 heteroatoms. The lowest BCUT2D eigenvalue weighted by Crippen LogP contribution is -2.13. The highest BCUT2D eigenvalue weighted by Crippen LogP contribution is 2.39. The number of carbonyl (C=O) groups excluding carboxylic acids is 2. The fourth-order valence-corrected chi connectivity index (χ4v) is 4.89. The number of aryl methyl sites for hydroxylation is 2. The summed E-state index contributed by atoms with van der Waals surface area (Å²) in [7, 11) is 0. The van der Waals surface area contributed by atoms with Gasteiger partial charge in [0, 0.05) is 41.5 Å². The molecule has 3 aromatic rings. The number of Topliss-reactive ketones (excluding diaryl/α,β-unsaturated/α-hetero) is 1. The molecule has 2 heterocycles. The number of primary amides is 1. The Kier molecular flexibility index (Phi) is 6.57. The standard InChI is InChI=1S/C23H24F3N5O2S/c1-13-10-18(14(2)30(13)17-5-3-4-15(11-17)23(24,25)26)19(32)12-34-22-29-28-21(9-8-20(27)33)31(22)16-6-7-16/h3-5,10-11,16H,6-9,12H2,1-2H3,(H2,27,33). The maximum atomic E-state index is 13.2. The van der Waals surface area contributed by atoms with E-state index < -0.39 is 17.6 Å². The van der Waals surface area contributed by atoms with E-state index in [9.17, 15) is 22.8 Å². The number of amides is 1. The molecule has 1 fully saturated rings. The summed E-state index contributed by atoms with van der Waals surface area (Å²) in [4.78, 5) is 24.2. The summed E-state index contributed by atoms with van der Waals surface area (Å²) in [5, 5.41) is 9.00. The Balaban J connectivity index is 1.53. The number of alkyl halides is 3. The van der Waals surface area contributed by atoms with Gasteiger partial charge in [0.15, 0.2) is 10.9 Å². The first-order valence-electron chi connectivity index (χ1n) is 10.8. The van der Waals surface area contributed by atoms with Crippen molar-refractivity contribution in [1.29, 1.82) is 0 Å². The molecular formula is C23H24F3N5O2S. The molecule has 0 unspecified atom stereocenters. The Bertz CT molecular complexity index is 1240. The van der Waals surface area contributed by atoms with Crippen molar-refractivity contribution in [2.45, 2.75) is 56.9 Å². The Morgan fingerprint density at radius 1 is 1.18 bits per heavy atom. The minimum atomic E-state index is -4.45. The zero-order valence-corrected chi connectivity index (χ0v) is 19.5. The van der Waals surface area contributed by atoms with Crippen LogP contribution in [0.1, 0.15) is 58.4 Å². The first-order chi connectivity index (χ1) is 16.1. The predicted octanol–water partition coefficient (Wildman–Crippen LogP) is 4.43. The van der Waals surface area contributed by atoms with Crippen LogP contribution in [0.4, 0.5) is 13.2 Å². The third-order valence-corrected chi connectivity index (χ3v) is 6.68. The van der Waals surface area contributed by atoms with Gasteiger partial charge in [-0.15, -0.1) is 10.2 Å². The first-order valence-corrected chi connectivity index (χ1v) is 11.8. The molecule has 2 aromatic heterocycles. The summed E-state index contributed by atoms with van der Waals surface area (Å²) in [6.07, 6.45) is -1.90. The molecule has 4 rings (SSSR count). The number of rotatable bonds is 9. The van der Waals surface area contributed by atoms with Gasteiger partial charge in [0.1, 0.15) is 5.82 Å². The van der Waals surface area contributed by atoms with Crippen molar-refractivity contribution in [3.63, 3.8) is 0 Å². The van der Waals surface area contributed by atoms with Gasteiger partial charge in [-0.2, -0.15) is 13.2 Å². The van der Waals surface area contributed by atoms with Crippen LogP contribution in [0.5, 0.6) is 0 Å². The van der Waals surface area contributed by atoms with Crippen LogP contribution in [0.2, 0.25) is 0 Å². The molecule has 0 aliphatic heterocycles. The van der Waals surface area contributed by atoms with Crippen molar-refractivity contribution in [2.75, 3.05) is 5.75 Å². The number of hydrogen-bond acceptors (Lipinski definition) is 5. The van der Waals surface area contributed by atoms with Crippen molar-refractivity contribution in [1.82, 2.24) is 19.3 Å². The van der Waals surface area contributed by atoms with Crippen molar-refractivity contribution >= 4 is 23.5 Å². The van der Waals surface area contributed by atoms with Crippen LogP contribution >= 0.6 is 11.8 Å². The number of ketones is 1. The summed E-state index contributed by atoms with van der Waals surface area (Å²) < 4.78 is 43.1. The lowest BCUT2D eigenvalue weighted by molar-refractivity contribution is -0.137. The van der Waals surface area contributed by atoms with Crippen molar-refractivity contribution < 1.29 is 22.8 Å². The number of halogens is 3. The quantitative estimate of drug-likeness (QED) is 0.353. The molecule has 0 atom stereocenters. The van der Waals surface area contributed by atoms with Crippen molar-refractivity contribution in [2.24, 2.45) is 5.73 Å². The number of thioether (sulfide) groups is 1. The molecule has 1 aromatic carbocycles. The van der Waals surface area contributed by atoms with Gasteiger partial charge >= 0.3 is 6.18 Å². The second-order valence-corrected chi connectivity index (χ2v) is 9.29. The van der Waals surface area contributed by atoms with E-state index in [0.29, 0.717) is 40.0 Å². The van der Waals surface area contributed by atoms with E-state index in [0.717, 1.165) is 25.0 Å². The minimum Gasteiger partial charge on any atom is -0.370 e. The maximum absolute atomic E-state index is 13.2. The molecule has 1 aliphatic rings. The van der Waals surface area contributed by atoms with E-state index in [1.807, 2.05) is 4.57 Å². The molecule has 1 amide bonds. The number of carbonyl (C=O) groups is 2. The largest absolute Gasteiger partial charge is 0.416 e. The Hall–Kier alpha value is -3.08. The van der Waals surface area contributed by atoms with Crippen LogP contribution in [0.15, 0.2) is 35.5 Å². The zero-order valence-electron chi connectivity index (χ0n) is 18.7. The summed E-state index contributed by atoms with van der Waals surface area (Å²) in [5.41, 5.74) is 6.55. The summed E-state index contributed by atoms with van der Waals surface area (Å²) >= 11 is 1.26. The van der Waals surface area contributed by atoms with E-state index in [1.165, 1.54) is 17.8 Å². The van der Waals surface area contributed by atoms with E-state index in [-0.39, 0.29) is 24.0 Å². The molecule has 2 N–H and O–H groups in total. The van der Waals surface area contributed by atoms with Gasteiger partial charge in [-0.1, -0.05) is 17.8 Å². The van der Waals surface area contributed by atoms with Gasteiger partial charge in [-0.05, 0) is 51.0 Å². The molecule has 0 spiro atoms. The molecule has 1 aliphatic carbocycles. The van der Waals surface area contributed by atoms with Gasteiger partial charge in [-0.25, -0.2) is 0 Å². The summed E-state index contributed by atoms with van der Waals surface area (Å²) in [6, 6.07) is 7.01. The number of aromatic nitrogens is 4. The Labute approximate surface area is 198 Å². The third-order valence-electron chi connectivity index (χ3n) is 5.74. The molecule has 0 bridgehead atoms. The van der Waals surface area contributed by atoms with Crippen LogP contribution < -0.4 is 5.73 Å². The molecule has 34 heavy (non-hydrogen) atoms. The van der Waals surface area contributed by atoms with E-state index in [2.05, 4.69) is 10.2 Å². The second kappa shape index (κ2) is 9.28. The predicted molar refractivity (Wildman–Crippen MR) is 121 cm³/mol. The van der Waals surface area contributed by atoms with Crippen LogP contribution in [-0.2, 0) is 17.4 Å².